The molecule has 1 amide bonds. The predicted molar refractivity (Wildman–Crippen MR) is 127 cm³/mol. The molecule has 2 aromatic rings. The zero-order chi connectivity index (χ0) is 21.3. The van der Waals surface area contributed by atoms with Crippen LogP contribution in [0.25, 0.3) is 6.08 Å². The van der Waals surface area contributed by atoms with Gasteiger partial charge in [-0.25, -0.2) is 0 Å². The summed E-state index contributed by atoms with van der Waals surface area (Å²) in [4.78, 5) is 16.9. The zero-order valence-electron chi connectivity index (χ0n) is 17.4. The summed E-state index contributed by atoms with van der Waals surface area (Å²) in [5.41, 5.74) is 2.95. The molecule has 0 bridgehead atoms. The molecule has 0 saturated carbocycles. The average molecular weight is 425 g/mol. The van der Waals surface area contributed by atoms with Crippen LogP contribution in [0.4, 0.5) is 11.4 Å². The number of hydrogen-bond acceptors (Lipinski definition) is 5. The van der Waals surface area contributed by atoms with Crippen LogP contribution in [0.3, 0.4) is 0 Å². The van der Waals surface area contributed by atoms with Crippen molar-refractivity contribution in [2.45, 2.75) is 6.92 Å². The highest BCUT2D eigenvalue weighted by Gasteiger charge is 2.15. The highest BCUT2D eigenvalue weighted by atomic mass is 32.1. The Hall–Kier alpha value is -2.90. The van der Waals surface area contributed by atoms with Gasteiger partial charge in [0.1, 0.15) is 5.75 Å². The van der Waals surface area contributed by atoms with Gasteiger partial charge in [0, 0.05) is 43.6 Å². The van der Waals surface area contributed by atoms with Gasteiger partial charge in [-0.1, -0.05) is 19.1 Å². The number of amides is 1. The lowest BCUT2D eigenvalue weighted by atomic mass is 10.2. The van der Waals surface area contributed by atoms with Crippen LogP contribution in [0.2, 0.25) is 0 Å². The van der Waals surface area contributed by atoms with Crippen LogP contribution in [-0.4, -0.2) is 55.8 Å². The molecule has 0 atom stereocenters. The number of carbonyl (C=O) groups is 1. The number of hydrogen-bond donors (Lipinski definition) is 2. The van der Waals surface area contributed by atoms with Crippen molar-refractivity contribution < 1.29 is 9.53 Å². The molecule has 1 heterocycles. The van der Waals surface area contributed by atoms with E-state index < -0.39 is 0 Å². The van der Waals surface area contributed by atoms with Crippen LogP contribution >= 0.6 is 12.2 Å². The van der Waals surface area contributed by atoms with Crippen LogP contribution < -0.4 is 20.3 Å². The number of nitrogens with zero attached hydrogens (tertiary/aromatic N) is 2. The fourth-order valence-electron chi connectivity index (χ4n) is 3.28. The molecule has 0 unspecified atom stereocenters. The highest BCUT2D eigenvalue weighted by Crippen LogP contribution is 2.19. The van der Waals surface area contributed by atoms with Crippen LogP contribution in [0.1, 0.15) is 12.5 Å². The lowest BCUT2D eigenvalue weighted by molar-refractivity contribution is -0.115. The number of anilines is 2. The highest BCUT2D eigenvalue weighted by molar-refractivity contribution is 7.80. The molecule has 1 aliphatic heterocycles. The normalized spacial score (nSPS) is 14.5. The minimum Gasteiger partial charge on any atom is -0.497 e. The van der Waals surface area contributed by atoms with E-state index in [9.17, 15) is 4.79 Å². The van der Waals surface area contributed by atoms with E-state index in [0.29, 0.717) is 0 Å². The Kier molecular flexibility index (Phi) is 7.82. The fraction of sp³-hybridized carbons (Fsp3) is 0.304. The lowest BCUT2D eigenvalue weighted by Gasteiger charge is -2.35. The molecule has 2 N–H and O–H groups in total. The maximum atomic E-state index is 12.1. The summed E-state index contributed by atoms with van der Waals surface area (Å²) < 4.78 is 5.12. The molecule has 30 heavy (non-hydrogen) atoms. The van der Waals surface area contributed by atoms with Crippen molar-refractivity contribution in [1.29, 1.82) is 0 Å². The quantitative estimate of drug-likeness (QED) is 0.548. The molecule has 1 fully saturated rings. The molecule has 1 aliphatic rings. The second-order valence-corrected chi connectivity index (χ2v) is 7.43. The van der Waals surface area contributed by atoms with Crippen molar-refractivity contribution in [2.24, 2.45) is 0 Å². The van der Waals surface area contributed by atoms with Crippen LogP contribution in [0, 0.1) is 0 Å². The third kappa shape index (κ3) is 6.30. The van der Waals surface area contributed by atoms with E-state index in [1.54, 1.807) is 13.2 Å². The number of likely N-dealkylation sites (N-methyl/N-ethyl adjacent to an activating group) is 1. The Labute approximate surface area is 183 Å². The first-order chi connectivity index (χ1) is 14.6. The molecular formula is C23H28N4O2S. The maximum absolute atomic E-state index is 12.1. The van der Waals surface area contributed by atoms with Gasteiger partial charge in [-0.15, -0.1) is 0 Å². The summed E-state index contributed by atoms with van der Waals surface area (Å²) >= 11 is 5.25. The molecule has 1 saturated heterocycles. The molecule has 6 nitrogen and oxygen atoms in total. The van der Waals surface area contributed by atoms with Crippen LogP contribution in [-0.2, 0) is 4.79 Å². The first-order valence-electron chi connectivity index (χ1n) is 10.1. The molecule has 0 aromatic heterocycles. The Morgan fingerprint density at radius 1 is 1.07 bits per heavy atom. The first-order valence-corrected chi connectivity index (χ1v) is 10.5. The topological polar surface area (TPSA) is 56.8 Å². The number of piperazine rings is 1. The molecule has 0 aliphatic carbocycles. The lowest BCUT2D eigenvalue weighted by Crippen LogP contribution is -2.46. The van der Waals surface area contributed by atoms with Gasteiger partial charge in [0.2, 0.25) is 5.91 Å². The Balaban J connectivity index is 1.47. The molecule has 0 spiro atoms. The van der Waals surface area contributed by atoms with E-state index in [4.69, 9.17) is 17.0 Å². The van der Waals surface area contributed by atoms with E-state index in [1.807, 2.05) is 36.4 Å². The number of ether oxygens (including phenoxy) is 1. The number of thiocarbonyl (C=S) groups is 1. The molecule has 158 valence electrons. The van der Waals surface area contributed by atoms with Crippen molar-refractivity contribution >= 4 is 40.7 Å². The molecule has 3 rings (SSSR count). The van der Waals surface area contributed by atoms with E-state index >= 15 is 0 Å². The maximum Gasteiger partial charge on any atom is 0.250 e. The minimum absolute atomic E-state index is 0.267. The summed E-state index contributed by atoms with van der Waals surface area (Å²) in [5.74, 6) is 0.491. The number of benzene rings is 2. The average Bonchev–Trinajstić information content (AvgIpc) is 2.78. The number of methoxy groups -OCH3 is 1. The smallest absolute Gasteiger partial charge is 0.250 e. The van der Waals surface area contributed by atoms with Gasteiger partial charge in [0.05, 0.1) is 7.11 Å². The Morgan fingerprint density at radius 3 is 2.33 bits per heavy atom. The standard InChI is InChI=1S/C23H28N4O2S/c1-3-26-14-16-27(17-15-26)20-9-7-19(8-10-20)24-23(30)25-22(28)13-6-18-4-11-21(29-2)12-5-18/h4-13H,3,14-17H2,1-2H3,(H2,24,25,28,30)/b13-6+. The number of rotatable bonds is 6. The zero-order valence-corrected chi connectivity index (χ0v) is 18.2. The summed E-state index contributed by atoms with van der Waals surface area (Å²) in [6.45, 7) is 7.57. The van der Waals surface area contributed by atoms with Gasteiger partial charge >= 0.3 is 0 Å². The fourth-order valence-corrected chi connectivity index (χ4v) is 3.50. The molecule has 2 aromatic carbocycles. The van der Waals surface area contributed by atoms with Crippen molar-refractivity contribution in [3.05, 3.63) is 60.2 Å². The summed E-state index contributed by atoms with van der Waals surface area (Å²) in [5, 5.41) is 5.99. The molecular weight excluding hydrogens is 396 g/mol. The summed E-state index contributed by atoms with van der Waals surface area (Å²) in [6.07, 6.45) is 3.18. The van der Waals surface area contributed by atoms with Gasteiger partial charge in [0.25, 0.3) is 0 Å². The molecule has 7 heteroatoms. The van der Waals surface area contributed by atoms with Crippen LogP contribution in [0.5, 0.6) is 5.75 Å². The number of nitrogens with one attached hydrogen (secondary N) is 2. The van der Waals surface area contributed by atoms with Gasteiger partial charge in [-0.05, 0) is 66.8 Å². The van der Waals surface area contributed by atoms with Crippen molar-refractivity contribution in [2.75, 3.05) is 50.1 Å². The van der Waals surface area contributed by atoms with Gasteiger partial charge in [-0.2, -0.15) is 0 Å². The second-order valence-electron chi connectivity index (χ2n) is 7.02. The van der Waals surface area contributed by atoms with Crippen LogP contribution in [0.15, 0.2) is 54.6 Å². The SMILES string of the molecule is CCN1CCN(c2ccc(NC(=S)NC(=O)/C=C/c3ccc(OC)cc3)cc2)CC1. The second kappa shape index (κ2) is 10.8. The van der Waals surface area contributed by atoms with Gasteiger partial charge < -0.3 is 19.9 Å². The third-order valence-electron chi connectivity index (χ3n) is 5.09. The van der Waals surface area contributed by atoms with Crippen molar-refractivity contribution in [3.63, 3.8) is 0 Å². The number of carbonyl (C=O) groups excluding carboxylic acids is 1. The van der Waals surface area contributed by atoms with E-state index in [2.05, 4.69) is 39.5 Å². The van der Waals surface area contributed by atoms with E-state index in [-0.39, 0.29) is 11.0 Å². The summed E-state index contributed by atoms with van der Waals surface area (Å²) in [6, 6.07) is 15.6. The summed E-state index contributed by atoms with van der Waals surface area (Å²) in [7, 11) is 1.62. The monoisotopic (exact) mass is 424 g/mol. The van der Waals surface area contributed by atoms with Crippen molar-refractivity contribution in [1.82, 2.24) is 10.2 Å². The minimum atomic E-state index is -0.284. The van der Waals surface area contributed by atoms with Gasteiger partial charge in [0.15, 0.2) is 5.11 Å². The third-order valence-corrected chi connectivity index (χ3v) is 5.29. The Bertz CT molecular complexity index is 873. The van der Waals surface area contributed by atoms with Crippen molar-refractivity contribution in [3.8, 4) is 5.75 Å². The van der Waals surface area contributed by atoms with E-state index in [0.717, 1.165) is 49.7 Å². The molecule has 0 radical (unpaired) electrons. The Morgan fingerprint density at radius 2 is 1.73 bits per heavy atom. The largest absolute Gasteiger partial charge is 0.497 e. The van der Waals surface area contributed by atoms with E-state index in [1.165, 1.54) is 11.8 Å². The predicted octanol–water partition coefficient (Wildman–Crippen LogP) is 3.36. The first kappa shape index (κ1) is 21.8. The van der Waals surface area contributed by atoms with Gasteiger partial charge in [-0.3, -0.25) is 10.1 Å².